The molecule has 1 aliphatic rings. The van der Waals surface area contributed by atoms with Gasteiger partial charge in [-0.05, 0) is 43.4 Å². The Morgan fingerprint density at radius 1 is 1.41 bits per heavy atom. The van der Waals surface area contributed by atoms with Gasteiger partial charge in [0.05, 0.1) is 24.1 Å². The molecule has 1 aliphatic carbocycles. The molecule has 0 saturated heterocycles. The van der Waals surface area contributed by atoms with Crippen LogP contribution in [0, 0.1) is 5.92 Å². The van der Waals surface area contributed by atoms with E-state index >= 15 is 0 Å². The number of pyridine rings is 2. The smallest absolute Gasteiger partial charge is 0.270 e. The fourth-order valence-electron chi connectivity index (χ4n) is 2.83. The van der Waals surface area contributed by atoms with Gasteiger partial charge in [0.25, 0.3) is 5.91 Å². The van der Waals surface area contributed by atoms with E-state index in [0.29, 0.717) is 47.6 Å². The van der Waals surface area contributed by atoms with E-state index in [-0.39, 0.29) is 5.91 Å². The molecule has 0 aliphatic heterocycles. The van der Waals surface area contributed by atoms with Gasteiger partial charge in [-0.25, -0.2) is 4.98 Å². The monoisotopic (exact) mass is 385 g/mol. The quantitative estimate of drug-likeness (QED) is 0.675. The van der Waals surface area contributed by atoms with Crippen molar-refractivity contribution in [2.45, 2.75) is 26.3 Å². The predicted molar refractivity (Wildman–Crippen MR) is 102 cm³/mol. The second-order valence-electron chi connectivity index (χ2n) is 6.66. The largest absolute Gasteiger partial charge is 0.476 e. The maximum Gasteiger partial charge on any atom is 0.270 e. The number of nitrogens with one attached hydrogen (secondary N) is 1. The van der Waals surface area contributed by atoms with Gasteiger partial charge in [-0.2, -0.15) is 5.10 Å². The Bertz CT molecular complexity index is 983. The summed E-state index contributed by atoms with van der Waals surface area (Å²) < 4.78 is 7.42. The average molecular weight is 386 g/mol. The highest BCUT2D eigenvalue weighted by Crippen LogP contribution is 2.31. The predicted octanol–water partition coefficient (Wildman–Crippen LogP) is 3.07. The molecule has 4 rings (SSSR count). The minimum Gasteiger partial charge on any atom is -0.476 e. The highest BCUT2D eigenvalue weighted by atomic mass is 35.5. The molecule has 3 aromatic heterocycles. The van der Waals surface area contributed by atoms with Gasteiger partial charge in [-0.1, -0.05) is 11.6 Å². The van der Waals surface area contributed by atoms with Gasteiger partial charge < -0.3 is 10.1 Å². The van der Waals surface area contributed by atoms with Gasteiger partial charge in [0.2, 0.25) is 5.88 Å². The van der Waals surface area contributed by atoms with E-state index < -0.39 is 0 Å². The maximum absolute atomic E-state index is 12.2. The Balaban J connectivity index is 1.53. The minimum atomic E-state index is -0.204. The summed E-state index contributed by atoms with van der Waals surface area (Å²) in [4.78, 5) is 20.7. The van der Waals surface area contributed by atoms with E-state index in [1.807, 2.05) is 19.2 Å². The molecule has 1 amide bonds. The number of carbonyl (C=O) groups excluding carboxylic acids is 1. The number of rotatable bonds is 7. The number of nitrogens with zero attached hydrogens (tertiary/aromatic N) is 4. The van der Waals surface area contributed by atoms with Crippen molar-refractivity contribution >= 4 is 28.4 Å². The second kappa shape index (κ2) is 7.52. The van der Waals surface area contributed by atoms with Crippen molar-refractivity contribution in [3.8, 4) is 5.88 Å². The molecule has 7 nitrogen and oxygen atoms in total. The van der Waals surface area contributed by atoms with Crippen molar-refractivity contribution in [2.24, 2.45) is 5.92 Å². The molecular formula is C19H20ClN5O2. The van der Waals surface area contributed by atoms with Crippen molar-refractivity contribution in [2.75, 3.05) is 13.2 Å². The Morgan fingerprint density at radius 3 is 3.00 bits per heavy atom. The zero-order valence-electron chi connectivity index (χ0n) is 15.0. The molecule has 0 atom stereocenters. The van der Waals surface area contributed by atoms with Gasteiger partial charge in [0.15, 0.2) is 0 Å². The highest BCUT2D eigenvalue weighted by Gasteiger charge is 2.22. The SMILES string of the molecule is CCNC(=O)c1nccc2nn(Cc3cnc(OCC4CC4)c(Cl)c3)cc12. The van der Waals surface area contributed by atoms with Crippen molar-refractivity contribution in [3.63, 3.8) is 0 Å². The number of aromatic nitrogens is 4. The molecular weight excluding hydrogens is 366 g/mol. The van der Waals surface area contributed by atoms with E-state index in [1.165, 1.54) is 12.8 Å². The van der Waals surface area contributed by atoms with Crippen LogP contribution in [0.5, 0.6) is 5.88 Å². The number of halogens is 1. The topological polar surface area (TPSA) is 81.9 Å². The first-order valence-corrected chi connectivity index (χ1v) is 9.39. The van der Waals surface area contributed by atoms with Crippen LogP contribution in [0.2, 0.25) is 5.02 Å². The summed E-state index contributed by atoms with van der Waals surface area (Å²) in [7, 11) is 0. The molecule has 0 radical (unpaired) electrons. The molecule has 140 valence electrons. The van der Waals surface area contributed by atoms with Gasteiger partial charge in [-0.3, -0.25) is 14.5 Å². The van der Waals surface area contributed by atoms with Crippen molar-refractivity contribution < 1.29 is 9.53 Å². The van der Waals surface area contributed by atoms with Gasteiger partial charge >= 0.3 is 0 Å². The average Bonchev–Trinajstić information content (AvgIpc) is 3.38. The molecule has 1 N–H and O–H groups in total. The van der Waals surface area contributed by atoms with E-state index in [2.05, 4.69) is 20.4 Å². The number of amides is 1. The van der Waals surface area contributed by atoms with Crippen LogP contribution in [0.25, 0.3) is 10.9 Å². The van der Waals surface area contributed by atoms with E-state index in [0.717, 1.165) is 11.1 Å². The molecule has 27 heavy (non-hydrogen) atoms. The van der Waals surface area contributed by atoms with Crippen molar-refractivity contribution in [3.05, 3.63) is 47.0 Å². The summed E-state index contributed by atoms with van der Waals surface area (Å²) >= 11 is 6.30. The van der Waals surface area contributed by atoms with Crippen LogP contribution in [0.1, 0.15) is 35.8 Å². The van der Waals surface area contributed by atoms with Crippen molar-refractivity contribution in [1.29, 1.82) is 0 Å². The highest BCUT2D eigenvalue weighted by molar-refractivity contribution is 6.31. The number of ether oxygens (including phenoxy) is 1. The Labute approximate surface area is 161 Å². The molecule has 1 fully saturated rings. The van der Waals surface area contributed by atoms with E-state index in [9.17, 15) is 4.79 Å². The lowest BCUT2D eigenvalue weighted by Gasteiger charge is -2.08. The zero-order valence-corrected chi connectivity index (χ0v) is 15.7. The first kappa shape index (κ1) is 17.7. The fraction of sp³-hybridized carbons (Fsp3) is 0.368. The molecule has 0 spiro atoms. The Hall–Kier alpha value is -2.67. The van der Waals surface area contributed by atoms with Crippen LogP contribution in [0.3, 0.4) is 0 Å². The Kier molecular flexibility index (Phi) is 4.94. The summed E-state index contributed by atoms with van der Waals surface area (Å²) in [6, 6.07) is 3.63. The van der Waals surface area contributed by atoms with Crippen LogP contribution < -0.4 is 10.1 Å². The van der Waals surface area contributed by atoms with Gasteiger partial charge in [0.1, 0.15) is 10.7 Å². The molecule has 3 heterocycles. The maximum atomic E-state index is 12.2. The van der Waals surface area contributed by atoms with Crippen LogP contribution in [-0.4, -0.2) is 38.8 Å². The standard InChI is InChI=1S/C19H20ClN5O2/c1-2-21-18(26)17-14-10-25(24-16(14)5-6-22-17)9-13-7-15(20)19(23-8-13)27-11-12-3-4-12/h5-8,10,12H,2-4,9,11H2,1H3,(H,21,26). The van der Waals surface area contributed by atoms with Crippen LogP contribution in [0.4, 0.5) is 0 Å². The molecule has 0 bridgehead atoms. The number of fused-ring (bicyclic) bond motifs is 1. The summed E-state index contributed by atoms with van der Waals surface area (Å²) in [5, 5.41) is 8.51. The van der Waals surface area contributed by atoms with Gasteiger partial charge in [0, 0.05) is 25.1 Å². The zero-order chi connectivity index (χ0) is 18.8. The summed E-state index contributed by atoms with van der Waals surface area (Å²) in [6.07, 6.45) is 7.59. The molecule has 8 heteroatoms. The number of hydrogen-bond acceptors (Lipinski definition) is 5. The number of carbonyl (C=O) groups is 1. The third kappa shape index (κ3) is 4.03. The fourth-order valence-corrected chi connectivity index (χ4v) is 3.07. The minimum absolute atomic E-state index is 0.204. The lowest BCUT2D eigenvalue weighted by Crippen LogP contribution is -2.23. The van der Waals surface area contributed by atoms with Crippen LogP contribution in [0.15, 0.2) is 30.7 Å². The first-order valence-electron chi connectivity index (χ1n) is 9.01. The molecule has 1 saturated carbocycles. The first-order chi connectivity index (χ1) is 13.1. The Morgan fingerprint density at radius 2 is 2.26 bits per heavy atom. The lowest BCUT2D eigenvalue weighted by atomic mass is 10.2. The lowest BCUT2D eigenvalue weighted by molar-refractivity contribution is 0.0952. The summed E-state index contributed by atoms with van der Waals surface area (Å²) in [5.74, 6) is 0.914. The second-order valence-corrected chi connectivity index (χ2v) is 7.07. The van der Waals surface area contributed by atoms with E-state index in [4.69, 9.17) is 16.3 Å². The summed E-state index contributed by atoms with van der Waals surface area (Å²) in [5.41, 5.74) is 1.99. The molecule has 3 aromatic rings. The van der Waals surface area contributed by atoms with Gasteiger partial charge in [-0.15, -0.1) is 0 Å². The number of hydrogen-bond donors (Lipinski definition) is 1. The van der Waals surface area contributed by atoms with Crippen LogP contribution >= 0.6 is 11.6 Å². The third-order valence-electron chi connectivity index (χ3n) is 4.40. The normalized spacial score (nSPS) is 13.7. The van der Waals surface area contributed by atoms with Crippen LogP contribution in [-0.2, 0) is 6.54 Å². The molecule has 0 unspecified atom stereocenters. The summed E-state index contributed by atoms with van der Waals surface area (Å²) in [6.45, 7) is 3.58. The third-order valence-corrected chi connectivity index (χ3v) is 4.67. The molecule has 0 aromatic carbocycles. The van der Waals surface area contributed by atoms with Crippen molar-refractivity contribution in [1.82, 2.24) is 25.1 Å². The van der Waals surface area contributed by atoms with E-state index in [1.54, 1.807) is 23.1 Å².